The highest BCUT2D eigenvalue weighted by Crippen LogP contribution is 2.19. The maximum Gasteiger partial charge on any atom is 0.244 e. The molecule has 1 N–H and O–H groups in total. The minimum Gasteiger partial charge on any atom is -0.315 e. The van der Waals surface area contributed by atoms with Gasteiger partial charge >= 0.3 is 0 Å². The van der Waals surface area contributed by atoms with Crippen molar-refractivity contribution < 1.29 is 8.42 Å². The van der Waals surface area contributed by atoms with E-state index >= 15 is 0 Å². The van der Waals surface area contributed by atoms with Gasteiger partial charge in [0.05, 0.1) is 0 Å². The van der Waals surface area contributed by atoms with E-state index in [9.17, 15) is 8.42 Å². The van der Waals surface area contributed by atoms with E-state index in [4.69, 9.17) is 0 Å². The van der Waals surface area contributed by atoms with Crippen LogP contribution in [0.3, 0.4) is 0 Å². The highest BCUT2D eigenvalue weighted by atomic mass is 79.9. The molecule has 0 amide bonds. The van der Waals surface area contributed by atoms with Crippen molar-refractivity contribution in [3.8, 4) is 0 Å². The second-order valence-corrected chi connectivity index (χ2v) is 6.70. The van der Waals surface area contributed by atoms with Crippen LogP contribution < -0.4 is 5.32 Å². The van der Waals surface area contributed by atoms with E-state index in [1.54, 1.807) is 12.3 Å². The van der Waals surface area contributed by atoms with Crippen molar-refractivity contribution >= 4 is 26.0 Å². The van der Waals surface area contributed by atoms with Crippen molar-refractivity contribution in [1.29, 1.82) is 0 Å². The van der Waals surface area contributed by atoms with Gasteiger partial charge < -0.3 is 5.32 Å². The van der Waals surface area contributed by atoms with Gasteiger partial charge in [-0.3, -0.25) is 4.98 Å². The van der Waals surface area contributed by atoms with E-state index in [1.165, 1.54) is 10.5 Å². The second kappa shape index (κ2) is 5.43. The second-order valence-electron chi connectivity index (χ2n) is 3.85. The van der Waals surface area contributed by atoms with Crippen LogP contribution in [0.25, 0.3) is 0 Å². The molecule has 0 spiro atoms. The Balaban J connectivity index is 2.28. The Morgan fingerprint density at radius 3 is 2.88 bits per heavy atom. The van der Waals surface area contributed by atoms with Crippen LogP contribution in [0, 0.1) is 0 Å². The molecule has 94 valence electrons. The summed E-state index contributed by atoms with van der Waals surface area (Å²) in [5, 5.41) is 3.18. The largest absolute Gasteiger partial charge is 0.315 e. The van der Waals surface area contributed by atoms with Crippen LogP contribution in [0.15, 0.2) is 27.8 Å². The molecular weight excluding hydrogens is 306 g/mol. The van der Waals surface area contributed by atoms with Gasteiger partial charge in [-0.25, -0.2) is 8.42 Å². The van der Waals surface area contributed by atoms with E-state index in [2.05, 4.69) is 26.2 Å². The Bertz CT molecular complexity index is 484. The van der Waals surface area contributed by atoms with E-state index in [1.807, 2.05) is 0 Å². The molecule has 1 aromatic rings. The first-order chi connectivity index (χ1) is 8.10. The molecule has 1 aliphatic heterocycles. The molecule has 17 heavy (non-hydrogen) atoms. The third-order valence-corrected chi connectivity index (χ3v) is 4.91. The van der Waals surface area contributed by atoms with Gasteiger partial charge in [-0.05, 0) is 35.0 Å². The van der Waals surface area contributed by atoms with Gasteiger partial charge in [0.25, 0.3) is 0 Å². The summed E-state index contributed by atoms with van der Waals surface area (Å²) in [5.74, 6) is 0. The Labute approximate surface area is 109 Å². The standard InChI is InChI=1S/C10H14BrN3O2S/c11-9-6-10(8-13-7-9)17(15,16)14-4-1-2-12-3-5-14/h6-8,12H,1-5H2. The van der Waals surface area contributed by atoms with Crippen molar-refractivity contribution in [3.63, 3.8) is 0 Å². The minimum absolute atomic E-state index is 0.244. The van der Waals surface area contributed by atoms with Crippen LogP contribution in [-0.4, -0.2) is 43.9 Å². The smallest absolute Gasteiger partial charge is 0.244 e. The first-order valence-electron chi connectivity index (χ1n) is 5.42. The lowest BCUT2D eigenvalue weighted by Gasteiger charge is -2.19. The SMILES string of the molecule is O=S(=O)(c1cncc(Br)c1)N1CCCNCC1. The average Bonchev–Trinajstić information content (AvgIpc) is 2.58. The lowest BCUT2D eigenvalue weighted by atomic mass is 10.4. The molecule has 2 heterocycles. The summed E-state index contributed by atoms with van der Waals surface area (Å²) < 4.78 is 26.8. The van der Waals surface area contributed by atoms with E-state index in [0.717, 1.165) is 13.0 Å². The molecule has 0 saturated carbocycles. The lowest BCUT2D eigenvalue weighted by molar-refractivity contribution is 0.431. The van der Waals surface area contributed by atoms with Gasteiger partial charge in [0.1, 0.15) is 4.90 Å². The maximum atomic E-state index is 12.3. The molecule has 1 aliphatic rings. The summed E-state index contributed by atoms with van der Waals surface area (Å²) in [6.45, 7) is 2.63. The van der Waals surface area contributed by atoms with Gasteiger partial charge in [0.15, 0.2) is 0 Å². The molecule has 7 heteroatoms. The van der Waals surface area contributed by atoms with Crippen LogP contribution in [-0.2, 0) is 10.0 Å². The van der Waals surface area contributed by atoms with Crippen LogP contribution in [0.1, 0.15) is 6.42 Å². The summed E-state index contributed by atoms with van der Waals surface area (Å²) >= 11 is 3.24. The summed E-state index contributed by atoms with van der Waals surface area (Å²) in [6.07, 6.45) is 3.79. The number of hydrogen-bond acceptors (Lipinski definition) is 4. The molecular formula is C10H14BrN3O2S. The topological polar surface area (TPSA) is 62.3 Å². The Hall–Kier alpha value is -0.500. The van der Waals surface area contributed by atoms with Gasteiger partial charge in [-0.1, -0.05) is 0 Å². The average molecular weight is 320 g/mol. The van der Waals surface area contributed by atoms with Crippen molar-refractivity contribution in [3.05, 3.63) is 22.9 Å². The highest BCUT2D eigenvalue weighted by molar-refractivity contribution is 9.10. The Morgan fingerprint density at radius 1 is 1.29 bits per heavy atom. The van der Waals surface area contributed by atoms with Crippen molar-refractivity contribution in [2.75, 3.05) is 26.2 Å². The zero-order valence-electron chi connectivity index (χ0n) is 9.26. The monoisotopic (exact) mass is 319 g/mol. The number of aromatic nitrogens is 1. The van der Waals surface area contributed by atoms with Crippen molar-refractivity contribution in [1.82, 2.24) is 14.6 Å². The summed E-state index contributed by atoms with van der Waals surface area (Å²) in [7, 11) is -3.41. The summed E-state index contributed by atoms with van der Waals surface area (Å²) in [6, 6.07) is 1.58. The number of nitrogens with one attached hydrogen (secondary N) is 1. The number of rotatable bonds is 2. The zero-order chi connectivity index (χ0) is 12.3. The quantitative estimate of drug-likeness (QED) is 0.877. The normalized spacial score (nSPS) is 18.9. The van der Waals surface area contributed by atoms with Crippen LogP contribution in [0.5, 0.6) is 0 Å². The van der Waals surface area contributed by atoms with Crippen molar-refractivity contribution in [2.45, 2.75) is 11.3 Å². The van der Waals surface area contributed by atoms with Crippen LogP contribution >= 0.6 is 15.9 Å². The number of nitrogens with zero attached hydrogens (tertiary/aromatic N) is 2. The molecule has 0 bridgehead atoms. The van der Waals surface area contributed by atoms with E-state index in [-0.39, 0.29) is 4.90 Å². The molecule has 5 nitrogen and oxygen atoms in total. The molecule has 0 unspecified atom stereocenters. The fourth-order valence-electron chi connectivity index (χ4n) is 1.74. The van der Waals surface area contributed by atoms with Crippen LogP contribution in [0.4, 0.5) is 0 Å². The van der Waals surface area contributed by atoms with Gasteiger partial charge in [-0.2, -0.15) is 4.31 Å². The predicted molar refractivity (Wildman–Crippen MR) is 68.2 cm³/mol. The van der Waals surface area contributed by atoms with Gasteiger partial charge in [0, 0.05) is 36.5 Å². The lowest BCUT2D eigenvalue weighted by Crippen LogP contribution is -2.34. The zero-order valence-corrected chi connectivity index (χ0v) is 11.7. The first-order valence-corrected chi connectivity index (χ1v) is 7.65. The Morgan fingerprint density at radius 2 is 2.12 bits per heavy atom. The number of halogens is 1. The third kappa shape index (κ3) is 3.04. The van der Waals surface area contributed by atoms with E-state index in [0.29, 0.717) is 24.1 Å². The summed E-state index contributed by atoms with van der Waals surface area (Å²) in [5.41, 5.74) is 0. The number of pyridine rings is 1. The number of sulfonamides is 1. The van der Waals surface area contributed by atoms with E-state index < -0.39 is 10.0 Å². The molecule has 0 atom stereocenters. The fourth-order valence-corrected chi connectivity index (χ4v) is 3.73. The minimum atomic E-state index is -3.41. The molecule has 1 fully saturated rings. The Kier molecular flexibility index (Phi) is 4.13. The molecule has 1 aromatic heterocycles. The van der Waals surface area contributed by atoms with Gasteiger partial charge in [0.2, 0.25) is 10.0 Å². The molecule has 0 radical (unpaired) electrons. The van der Waals surface area contributed by atoms with Crippen molar-refractivity contribution in [2.24, 2.45) is 0 Å². The maximum absolute atomic E-state index is 12.3. The third-order valence-electron chi connectivity index (χ3n) is 2.62. The molecule has 1 saturated heterocycles. The van der Waals surface area contributed by atoms with Crippen LogP contribution in [0.2, 0.25) is 0 Å². The molecule has 0 aliphatic carbocycles. The fraction of sp³-hybridized carbons (Fsp3) is 0.500. The molecule has 2 rings (SSSR count). The van der Waals surface area contributed by atoms with Gasteiger partial charge in [-0.15, -0.1) is 0 Å². The number of hydrogen-bond donors (Lipinski definition) is 1. The predicted octanol–water partition coefficient (Wildman–Crippen LogP) is 0.828. The highest BCUT2D eigenvalue weighted by Gasteiger charge is 2.25. The first kappa shape index (κ1) is 12.9. The summed E-state index contributed by atoms with van der Waals surface area (Å²) in [4.78, 5) is 4.14. The molecule has 0 aromatic carbocycles.